The Hall–Kier alpha value is -3.57. The molecule has 0 saturated heterocycles. The van der Waals surface area contributed by atoms with E-state index in [0.717, 1.165) is 16.7 Å². The van der Waals surface area contributed by atoms with Gasteiger partial charge in [0.05, 0.1) is 12.1 Å². The molecule has 0 aliphatic carbocycles. The number of ether oxygens (including phenoxy) is 3. The van der Waals surface area contributed by atoms with Gasteiger partial charge in [-0.3, -0.25) is 0 Å². The third-order valence-electron chi connectivity index (χ3n) is 4.66. The molecule has 3 aromatic rings. The van der Waals surface area contributed by atoms with Crippen molar-refractivity contribution in [3.63, 3.8) is 0 Å². The minimum absolute atomic E-state index is 0.186. The van der Waals surface area contributed by atoms with E-state index in [0.29, 0.717) is 28.7 Å². The minimum atomic E-state index is -0.520. The molecule has 0 amide bonds. The normalized spacial score (nSPS) is 14.4. The number of carbonyl (C=O) groups is 1. The van der Waals surface area contributed by atoms with Gasteiger partial charge in [-0.15, -0.1) is 0 Å². The summed E-state index contributed by atoms with van der Waals surface area (Å²) in [4.78, 5) is 16.6. The smallest absolute Gasteiger partial charge is 0.363 e. The summed E-state index contributed by atoms with van der Waals surface area (Å²) in [5.74, 6) is 0.655. The summed E-state index contributed by atoms with van der Waals surface area (Å²) in [6, 6.07) is 20.7. The first-order valence-corrected chi connectivity index (χ1v) is 10.0. The Morgan fingerprint density at radius 1 is 1.06 bits per heavy atom. The van der Waals surface area contributed by atoms with Crippen molar-refractivity contribution in [3.8, 4) is 11.5 Å². The number of benzene rings is 3. The molecule has 4 rings (SSSR count). The van der Waals surface area contributed by atoms with Crippen molar-refractivity contribution in [1.82, 2.24) is 0 Å². The molecule has 0 atom stereocenters. The lowest BCUT2D eigenvalue weighted by atomic mass is 10.1. The van der Waals surface area contributed by atoms with Crippen molar-refractivity contribution in [1.29, 1.82) is 0 Å². The largest absolute Gasteiger partial charge is 0.493 e. The summed E-state index contributed by atoms with van der Waals surface area (Å²) in [5, 5.41) is 0.373. The van der Waals surface area contributed by atoms with Crippen molar-refractivity contribution in [2.24, 2.45) is 4.99 Å². The lowest BCUT2D eigenvalue weighted by Gasteiger charge is -2.13. The monoisotopic (exact) mass is 433 g/mol. The standard InChI is InChI=1S/C25H20ClNO4/c1-16-7-6-8-17(11-16)15-30-23-20(26)12-18(14-22(23)29-2)13-21-25(28)31-24(27-21)19-9-4-3-5-10-19/h3-14H,15H2,1-2H3/b21-13-. The number of cyclic esters (lactones) is 1. The van der Waals surface area contributed by atoms with Gasteiger partial charge in [0.2, 0.25) is 5.90 Å². The van der Waals surface area contributed by atoms with Crippen LogP contribution in [0.5, 0.6) is 11.5 Å². The number of methoxy groups -OCH3 is 1. The van der Waals surface area contributed by atoms with E-state index in [1.54, 1.807) is 18.2 Å². The molecule has 0 spiro atoms. The average Bonchev–Trinajstić information content (AvgIpc) is 3.13. The SMILES string of the molecule is COc1cc(/C=C2\N=C(c3ccccc3)OC2=O)cc(Cl)c1OCc1cccc(C)c1. The molecule has 5 nitrogen and oxygen atoms in total. The molecule has 0 fully saturated rings. The van der Waals surface area contributed by atoms with Gasteiger partial charge in [0, 0.05) is 5.56 Å². The number of rotatable bonds is 6. The number of nitrogens with zero attached hydrogens (tertiary/aromatic N) is 1. The lowest BCUT2D eigenvalue weighted by Crippen LogP contribution is -2.05. The second-order valence-corrected chi connectivity index (χ2v) is 7.42. The zero-order valence-corrected chi connectivity index (χ0v) is 17.8. The molecule has 6 heteroatoms. The molecule has 0 saturated carbocycles. The molecule has 1 heterocycles. The molecular weight excluding hydrogens is 414 g/mol. The van der Waals surface area contributed by atoms with Crippen LogP contribution in [0.15, 0.2) is 77.4 Å². The van der Waals surface area contributed by atoms with E-state index in [2.05, 4.69) is 4.99 Å². The molecule has 0 aromatic heterocycles. The van der Waals surface area contributed by atoms with Crippen LogP contribution in [-0.2, 0) is 16.1 Å². The van der Waals surface area contributed by atoms with E-state index >= 15 is 0 Å². The van der Waals surface area contributed by atoms with Gasteiger partial charge in [0.15, 0.2) is 17.2 Å². The van der Waals surface area contributed by atoms with Crippen LogP contribution in [0.25, 0.3) is 6.08 Å². The van der Waals surface area contributed by atoms with Gasteiger partial charge in [-0.25, -0.2) is 9.79 Å². The van der Waals surface area contributed by atoms with Gasteiger partial charge in [-0.05, 0) is 48.4 Å². The fourth-order valence-electron chi connectivity index (χ4n) is 3.19. The lowest BCUT2D eigenvalue weighted by molar-refractivity contribution is -0.129. The highest BCUT2D eigenvalue weighted by Gasteiger charge is 2.24. The van der Waals surface area contributed by atoms with Gasteiger partial charge in [-0.1, -0.05) is 59.6 Å². The molecule has 0 N–H and O–H groups in total. The summed E-state index contributed by atoms with van der Waals surface area (Å²) in [5.41, 5.74) is 3.75. The molecule has 1 aliphatic heterocycles. The maximum absolute atomic E-state index is 12.3. The van der Waals surface area contributed by atoms with Crippen LogP contribution in [0.4, 0.5) is 0 Å². The fourth-order valence-corrected chi connectivity index (χ4v) is 3.47. The summed E-state index contributed by atoms with van der Waals surface area (Å²) in [6.07, 6.45) is 1.61. The first-order valence-electron chi connectivity index (χ1n) is 9.67. The van der Waals surface area contributed by atoms with Crippen LogP contribution in [0.1, 0.15) is 22.3 Å². The number of halogens is 1. The van der Waals surface area contributed by atoms with Crippen molar-refractivity contribution in [2.75, 3.05) is 7.11 Å². The predicted molar refractivity (Wildman–Crippen MR) is 121 cm³/mol. The minimum Gasteiger partial charge on any atom is -0.493 e. The number of hydrogen-bond acceptors (Lipinski definition) is 5. The number of esters is 1. The predicted octanol–water partition coefficient (Wildman–Crippen LogP) is 5.58. The third kappa shape index (κ3) is 4.78. The second kappa shape index (κ2) is 9.06. The Bertz CT molecular complexity index is 1190. The van der Waals surface area contributed by atoms with Crippen molar-refractivity contribution in [3.05, 3.63) is 99.7 Å². The highest BCUT2D eigenvalue weighted by Crippen LogP contribution is 2.38. The summed E-state index contributed by atoms with van der Waals surface area (Å²) >= 11 is 6.47. The molecule has 0 radical (unpaired) electrons. The van der Waals surface area contributed by atoms with E-state index in [1.807, 2.05) is 61.5 Å². The van der Waals surface area contributed by atoms with E-state index < -0.39 is 5.97 Å². The van der Waals surface area contributed by atoms with Crippen LogP contribution in [-0.4, -0.2) is 19.0 Å². The Morgan fingerprint density at radius 2 is 1.87 bits per heavy atom. The molecule has 1 aliphatic rings. The topological polar surface area (TPSA) is 57.1 Å². The number of carbonyl (C=O) groups excluding carboxylic acids is 1. The van der Waals surface area contributed by atoms with Crippen LogP contribution < -0.4 is 9.47 Å². The molecule has 3 aromatic carbocycles. The Balaban J connectivity index is 1.59. The zero-order valence-electron chi connectivity index (χ0n) is 17.1. The first-order chi connectivity index (χ1) is 15.0. The van der Waals surface area contributed by atoms with Crippen LogP contribution in [0, 0.1) is 6.92 Å². The van der Waals surface area contributed by atoms with Crippen LogP contribution in [0.2, 0.25) is 5.02 Å². The maximum atomic E-state index is 12.3. The van der Waals surface area contributed by atoms with Crippen molar-refractivity contribution >= 4 is 29.5 Å². The highest BCUT2D eigenvalue weighted by molar-refractivity contribution is 6.32. The molecule has 0 unspecified atom stereocenters. The summed E-state index contributed by atoms with van der Waals surface area (Å²) < 4.78 is 16.7. The Morgan fingerprint density at radius 3 is 2.61 bits per heavy atom. The maximum Gasteiger partial charge on any atom is 0.363 e. The number of aryl methyl sites for hydroxylation is 1. The second-order valence-electron chi connectivity index (χ2n) is 7.01. The van der Waals surface area contributed by atoms with Gasteiger partial charge >= 0.3 is 5.97 Å². The van der Waals surface area contributed by atoms with Gasteiger partial charge < -0.3 is 14.2 Å². The first kappa shape index (κ1) is 20.7. The van der Waals surface area contributed by atoms with Crippen LogP contribution >= 0.6 is 11.6 Å². The fraction of sp³-hybridized carbons (Fsp3) is 0.120. The summed E-state index contributed by atoms with van der Waals surface area (Å²) in [6.45, 7) is 2.38. The van der Waals surface area contributed by atoms with E-state index in [4.69, 9.17) is 25.8 Å². The van der Waals surface area contributed by atoms with E-state index in [9.17, 15) is 4.79 Å². The molecule has 31 heavy (non-hydrogen) atoms. The zero-order chi connectivity index (χ0) is 21.8. The average molecular weight is 434 g/mol. The summed E-state index contributed by atoms with van der Waals surface area (Å²) in [7, 11) is 1.54. The van der Waals surface area contributed by atoms with Crippen molar-refractivity contribution in [2.45, 2.75) is 13.5 Å². The quantitative estimate of drug-likeness (QED) is 0.376. The van der Waals surface area contributed by atoms with Gasteiger partial charge in [-0.2, -0.15) is 0 Å². The molecule has 0 bridgehead atoms. The Labute approximate surface area is 185 Å². The molecular formula is C25H20ClNO4. The third-order valence-corrected chi connectivity index (χ3v) is 4.94. The van der Waals surface area contributed by atoms with Gasteiger partial charge in [0.25, 0.3) is 0 Å². The van der Waals surface area contributed by atoms with Crippen LogP contribution in [0.3, 0.4) is 0 Å². The number of aliphatic imine (C=N–C) groups is 1. The Kier molecular flexibility index (Phi) is 6.05. The molecule has 156 valence electrons. The van der Waals surface area contributed by atoms with E-state index in [1.165, 1.54) is 7.11 Å². The van der Waals surface area contributed by atoms with Crippen molar-refractivity contribution < 1.29 is 19.0 Å². The van der Waals surface area contributed by atoms with E-state index in [-0.39, 0.29) is 11.6 Å². The van der Waals surface area contributed by atoms with Gasteiger partial charge in [0.1, 0.15) is 6.61 Å². The number of hydrogen-bond donors (Lipinski definition) is 0. The highest BCUT2D eigenvalue weighted by atomic mass is 35.5.